The minimum absolute atomic E-state index is 0.142. The van der Waals surface area contributed by atoms with Gasteiger partial charge in [-0.05, 0) is 50.7 Å². The lowest BCUT2D eigenvalue weighted by atomic mass is 9.83. The first-order valence-corrected chi connectivity index (χ1v) is 11.8. The summed E-state index contributed by atoms with van der Waals surface area (Å²) in [6.45, 7) is 3.51. The van der Waals surface area contributed by atoms with Gasteiger partial charge in [-0.3, -0.25) is 9.69 Å². The van der Waals surface area contributed by atoms with Gasteiger partial charge in [0.2, 0.25) is 15.9 Å². The van der Waals surface area contributed by atoms with Crippen LogP contribution in [0, 0.1) is 12.8 Å². The predicted molar refractivity (Wildman–Crippen MR) is 109 cm³/mol. The highest BCUT2D eigenvalue weighted by Crippen LogP contribution is 2.43. The van der Waals surface area contributed by atoms with Gasteiger partial charge < -0.3 is 0 Å². The van der Waals surface area contributed by atoms with Crippen LogP contribution in [0.2, 0.25) is 0 Å². The fraction of sp³-hybridized carbons (Fsp3) is 0.524. The molecule has 0 N–H and O–H groups in total. The fourth-order valence-electron chi connectivity index (χ4n) is 4.63. The molecule has 1 amide bonds. The minimum Gasteiger partial charge on any atom is -0.297 e. The van der Waals surface area contributed by atoms with Gasteiger partial charge in [0.15, 0.2) is 0 Å². The number of amides is 1. The van der Waals surface area contributed by atoms with Crippen LogP contribution in [0.15, 0.2) is 41.3 Å². The average molecular weight is 415 g/mol. The van der Waals surface area contributed by atoms with Crippen LogP contribution < -0.4 is 4.90 Å². The fourth-order valence-corrected chi connectivity index (χ4v) is 6.10. The normalized spacial score (nSPS) is 22.1. The Morgan fingerprint density at radius 3 is 2.48 bits per heavy atom. The molecule has 5 rings (SSSR count). The Morgan fingerprint density at radius 2 is 1.83 bits per heavy atom. The Bertz CT molecular complexity index is 1040. The van der Waals surface area contributed by atoms with Crippen molar-refractivity contribution in [1.82, 2.24) is 14.1 Å². The number of aryl methyl sites for hydroxylation is 1. The van der Waals surface area contributed by atoms with Gasteiger partial charge in [-0.25, -0.2) is 13.1 Å². The molecule has 0 atom stereocenters. The summed E-state index contributed by atoms with van der Waals surface area (Å²) < 4.78 is 29.5. The second kappa shape index (κ2) is 6.67. The first-order chi connectivity index (χ1) is 13.9. The van der Waals surface area contributed by atoms with E-state index in [1.165, 1.54) is 12.8 Å². The molecule has 0 unspecified atom stereocenters. The molecule has 8 heteroatoms. The predicted octanol–water partition coefficient (Wildman–Crippen LogP) is 2.52. The summed E-state index contributed by atoms with van der Waals surface area (Å²) in [7, 11) is -3.51. The van der Waals surface area contributed by atoms with Gasteiger partial charge in [0.1, 0.15) is 5.82 Å². The molecule has 1 spiro atoms. The molecule has 3 aliphatic rings. The first kappa shape index (κ1) is 18.8. The zero-order valence-electron chi connectivity index (χ0n) is 16.6. The lowest BCUT2D eigenvalue weighted by Crippen LogP contribution is -2.55. The van der Waals surface area contributed by atoms with Crippen molar-refractivity contribution in [3.8, 4) is 0 Å². The number of hydrogen-bond acceptors (Lipinski definition) is 4. The van der Waals surface area contributed by atoms with Gasteiger partial charge in [-0.15, -0.1) is 0 Å². The molecule has 2 aromatic rings. The number of benzene rings is 1. The third-order valence-electron chi connectivity index (χ3n) is 6.49. The van der Waals surface area contributed by atoms with Crippen LogP contribution in [0.5, 0.6) is 0 Å². The summed E-state index contributed by atoms with van der Waals surface area (Å²) in [5.74, 6) is 1.63. The number of rotatable bonds is 4. The number of carbonyl (C=O) groups is 1. The van der Waals surface area contributed by atoms with Crippen molar-refractivity contribution in [3.63, 3.8) is 0 Å². The van der Waals surface area contributed by atoms with E-state index in [0.29, 0.717) is 43.2 Å². The van der Waals surface area contributed by atoms with E-state index in [9.17, 15) is 13.2 Å². The van der Waals surface area contributed by atoms with Crippen molar-refractivity contribution in [2.45, 2.75) is 49.5 Å². The largest absolute Gasteiger partial charge is 0.297 e. The lowest BCUT2D eigenvalue weighted by Gasteiger charge is -2.46. The van der Waals surface area contributed by atoms with Crippen LogP contribution in [0.4, 0.5) is 5.82 Å². The second-order valence-electron chi connectivity index (χ2n) is 8.62. The van der Waals surface area contributed by atoms with E-state index >= 15 is 0 Å². The van der Waals surface area contributed by atoms with Crippen LogP contribution in [0.25, 0.3) is 0 Å². The topological polar surface area (TPSA) is 75.5 Å². The SMILES string of the molecule is Cc1cc2n(n1)C1(CCN(S(=O)(=O)c3ccccc3)CC1)CC(=O)N2CC1CC1. The molecule has 1 aromatic carbocycles. The van der Waals surface area contributed by atoms with Crippen molar-refractivity contribution < 1.29 is 13.2 Å². The van der Waals surface area contributed by atoms with E-state index in [2.05, 4.69) is 0 Å². The monoisotopic (exact) mass is 414 g/mol. The van der Waals surface area contributed by atoms with Crippen molar-refractivity contribution in [2.75, 3.05) is 24.5 Å². The molecule has 0 radical (unpaired) electrons. The van der Waals surface area contributed by atoms with Gasteiger partial charge in [0, 0.05) is 25.7 Å². The Morgan fingerprint density at radius 1 is 1.14 bits per heavy atom. The van der Waals surface area contributed by atoms with E-state index in [0.717, 1.165) is 18.1 Å². The number of carbonyl (C=O) groups excluding carboxylic acids is 1. The number of nitrogens with zero attached hydrogens (tertiary/aromatic N) is 4. The summed E-state index contributed by atoms with van der Waals surface area (Å²) in [5.41, 5.74) is 0.470. The number of piperidine rings is 1. The van der Waals surface area contributed by atoms with Gasteiger partial charge in [-0.2, -0.15) is 9.40 Å². The standard InChI is InChI=1S/C21H26N4O3S/c1-16-13-19-24(15-17-7-8-17)20(26)14-21(25(19)22-16)9-11-23(12-10-21)29(27,28)18-5-3-2-4-6-18/h2-6,13,17H,7-12,14-15H2,1H3. The molecule has 0 bridgehead atoms. The third-order valence-corrected chi connectivity index (χ3v) is 8.40. The molecule has 1 aliphatic carbocycles. The molecule has 1 saturated carbocycles. The third kappa shape index (κ3) is 3.18. The van der Waals surface area contributed by atoms with Gasteiger partial charge in [0.05, 0.1) is 22.5 Å². The maximum absolute atomic E-state index is 13.1. The Kier molecular flexibility index (Phi) is 4.33. The molecular weight excluding hydrogens is 388 g/mol. The van der Waals surface area contributed by atoms with E-state index in [4.69, 9.17) is 5.10 Å². The summed E-state index contributed by atoms with van der Waals surface area (Å²) >= 11 is 0. The molecule has 2 aliphatic heterocycles. The van der Waals surface area contributed by atoms with E-state index < -0.39 is 15.6 Å². The Hall–Kier alpha value is -2.19. The maximum Gasteiger partial charge on any atom is 0.243 e. The molecule has 1 aromatic heterocycles. The second-order valence-corrected chi connectivity index (χ2v) is 10.6. The molecule has 3 heterocycles. The summed E-state index contributed by atoms with van der Waals surface area (Å²) in [5, 5.41) is 4.74. The van der Waals surface area contributed by atoms with E-state index in [1.54, 1.807) is 28.6 Å². The lowest BCUT2D eigenvalue weighted by molar-refractivity contribution is -0.122. The first-order valence-electron chi connectivity index (χ1n) is 10.3. The summed E-state index contributed by atoms with van der Waals surface area (Å²) in [6.07, 6.45) is 3.96. The van der Waals surface area contributed by atoms with Crippen LogP contribution >= 0.6 is 0 Å². The highest BCUT2D eigenvalue weighted by Gasteiger charge is 2.48. The van der Waals surface area contributed by atoms with Crippen LogP contribution in [-0.4, -0.2) is 48.0 Å². The number of aromatic nitrogens is 2. The molecule has 7 nitrogen and oxygen atoms in total. The van der Waals surface area contributed by atoms with Gasteiger partial charge in [-0.1, -0.05) is 18.2 Å². The smallest absolute Gasteiger partial charge is 0.243 e. The van der Waals surface area contributed by atoms with Crippen LogP contribution in [-0.2, 0) is 20.4 Å². The van der Waals surface area contributed by atoms with Crippen molar-refractivity contribution in [1.29, 1.82) is 0 Å². The molecule has 154 valence electrons. The summed E-state index contributed by atoms with van der Waals surface area (Å²) in [4.78, 5) is 15.3. The van der Waals surface area contributed by atoms with Gasteiger partial charge >= 0.3 is 0 Å². The van der Waals surface area contributed by atoms with Crippen molar-refractivity contribution in [3.05, 3.63) is 42.1 Å². The van der Waals surface area contributed by atoms with E-state index in [-0.39, 0.29) is 5.91 Å². The van der Waals surface area contributed by atoms with E-state index in [1.807, 2.05) is 28.6 Å². The number of fused-ring (bicyclic) bond motifs is 2. The number of anilines is 1. The zero-order chi connectivity index (χ0) is 20.2. The van der Waals surface area contributed by atoms with Crippen LogP contribution in [0.3, 0.4) is 0 Å². The van der Waals surface area contributed by atoms with Crippen molar-refractivity contribution >= 4 is 21.7 Å². The molecule has 1 saturated heterocycles. The summed E-state index contributed by atoms with van der Waals surface area (Å²) in [6, 6.07) is 10.6. The Balaban J connectivity index is 1.41. The highest BCUT2D eigenvalue weighted by atomic mass is 32.2. The average Bonchev–Trinajstić information content (AvgIpc) is 3.45. The quantitative estimate of drug-likeness (QED) is 0.770. The molecule has 29 heavy (non-hydrogen) atoms. The van der Waals surface area contributed by atoms with Crippen molar-refractivity contribution in [2.24, 2.45) is 5.92 Å². The zero-order valence-corrected chi connectivity index (χ0v) is 17.4. The van der Waals surface area contributed by atoms with Crippen LogP contribution in [0.1, 0.15) is 37.8 Å². The van der Waals surface area contributed by atoms with Gasteiger partial charge in [0.25, 0.3) is 0 Å². The number of hydrogen-bond donors (Lipinski definition) is 0. The highest BCUT2D eigenvalue weighted by molar-refractivity contribution is 7.89. The number of sulfonamides is 1. The molecule has 2 fully saturated rings. The Labute approximate surface area is 171 Å². The molecular formula is C21H26N4O3S. The minimum atomic E-state index is -3.51. The maximum atomic E-state index is 13.1.